The number of rotatable bonds is 3. The second kappa shape index (κ2) is 5.25. The summed E-state index contributed by atoms with van der Waals surface area (Å²) in [7, 11) is 0. The molecule has 0 saturated heterocycles. The Morgan fingerprint density at radius 2 is 1.76 bits per heavy atom. The number of hydrogen-bond donors (Lipinski definition) is 0. The van der Waals surface area contributed by atoms with Crippen LogP contribution in [0.4, 0.5) is 0 Å². The van der Waals surface area contributed by atoms with E-state index in [1.54, 1.807) is 11.1 Å². The van der Waals surface area contributed by atoms with Crippen LogP contribution in [-0.2, 0) is 6.42 Å². The first kappa shape index (κ1) is 12.7. The predicted octanol–water partition coefficient (Wildman–Crippen LogP) is 5.16. The quantitative estimate of drug-likeness (QED) is 0.673. The van der Waals surface area contributed by atoms with E-state index in [1.807, 2.05) is 0 Å². The molecule has 94 valence electrons. The summed E-state index contributed by atoms with van der Waals surface area (Å²) in [5, 5.41) is 0. The molecule has 0 spiro atoms. The van der Waals surface area contributed by atoms with Crippen LogP contribution in [-0.4, -0.2) is 0 Å². The highest BCUT2D eigenvalue weighted by Crippen LogP contribution is 2.30. The highest BCUT2D eigenvalue weighted by molar-refractivity contribution is 5.39. The van der Waals surface area contributed by atoms with Crippen LogP contribution < -0.4 is 0 Å². The molecule has 0 aliphatic heterocycles. The monoisotopic (exact) mass is 230 g/mol. The van der Waals surface area contributed by atoms with Crippen molar-refractivity contribution in [2.75, 3.05) is 0 Å². The summed E-state index contributed by atoms with van der Waals surface area (Å²) >= 11 is 0. The van der Waals surface area contributed by atoms with Crippen LogP contribution in [0.5, 0.6) is 0 Å². The van der Waals surface area contributed by atoms with Crippen molar-refractivity contribution >= 4 is 0 Å². The fourth-order valence-electron chi connectivity index (χ4n) is 3.23. The molecular weight excluding hydrogens is 204 g/mol. The minimum atomic E-state index is 0.650. The zero-order valence-corrected chi connectivity index (χ0v) is 11.8. The SMILES string of the molecule is Cc1cc(CC2CCCC2)cc(C(C)C)c1C. The van der Waals surface area contributed by atoms with Crippen molar-refractivity contribution in [3.05, 3.63) is 34.4 Å². The van der Waals surface area contributed by atoms with Gasteiger partial charge in [0, 0.05) is 0 Å². The van der Waals surface area contributed by atoms with Gasteiger partial charge in [-0.2, -0.15) is 0 Å². The molecule has 1 aromatic carbocycles. The lowest BCUT2D eigenvalue weighted by molar-refractivity contribution is 0.546. The van der Waals surface area contributed by atoms with Gasteiger partial charge < -0.3 is 0 Å². The standard InChI is InChI=1S/C17H26/c1-12(2)17-11-16(9-13(3)14(17)4)10-15-7-5-6-8-15/h9,11-12,15H,5-8,10H2,1-4H3. The average Bonchev–Trinajstić information content (AvgIpc) is 2.75. The number of aryl methyl sites for hydroxylation is 1. The molecule has 0 unspecified atom stereocenters. The van der Waals surface area contributed by atoms with Gasteiger partial charge in [0.1, 0.15) is 0 Å². The van der Waals surface area contributed by atoms with Gasteiger partial charge in [0.15, 0.2) is 0 Å². The topological polar surface area (TPSA) is 0 Å². The molecule has 0 amide bonds. The fourth-order valence-corrected chi connectivity index (χ4v) is 3.23. The summed E-state index contributed by atoms with van der Waals surface area (Å²) in [6.07, 6.45) is 7.10. The van der Waals surface area contributed by atoms with Gasteiger partial charge in [-0.15, -0.1) is 0 Å². The van der Waals surface area contributed by atoms with Gasteiger partial charge in [0.25, 0.3) is 0 Å². The molecule has 1 aliphatic rings. The van der Waals surface area contributed by atoms with Crippen LogP contribution in [0.1, 0.15) is 67.7 Å². The molecule has 0 aromatic heterocycles. The molecule has 0 atom stereocenters. The maximum atomic E-state index is 2.46. The molecule has 2 rings (SSSR count). The van der Waals surface area contributed by atoms with Crippen molar-refractivity contribution in [2.24, 2.45) is 5.92 Å². The van der Waals surface area contributed by atoms with E-state index in [4.69, 9.17) is 0 Å². The molecule has 1 saturated carbocycles. The highest BCUT2D eigenvalue weighted by atomic mass is 14.2. The number of benzene rings is 1. The fraction of sp³-hybridized carbons (Fsp3) is 0.647. The Hall–Kier alpha value is -0.780. The molecule has 1 aliphatic carbocycles. The van der Waals surface area contributed by atoms with Crippen molar-refractivity contribution in [3.8, 4) is 0 Å². The Balaban J connectivity index is 2.22. The van der Waals surface area contributed by atoms with E-state index in [1.165, 1.54) is 43.2 Å². The van der Waals surface area contributed by atoms with Gasteiger partial charge in [-0.3, -0.25) is 0 Å². The van der Waals surface area contributed by atoms with E-state index in [0.29, 0.717) is 5.92 Å². The van der Waals surface area contributed by atoms with E-state index in [9.17, 15) is 0 Å². The Morgan fingerprint density at radius 3 is 2.35 bits per heavy atom. The minimum Gasteiger partial charge on any atom is -0.0587 e. The van der Waals surface area contributed by atoms with Gasteiger partial charge in [0.05, 0.1) is 0 Å². The van der Waals surface area contributed by atoms with Crippen LogP contribution in [0.15, 0.2) is 12.1 Å². The van der Waals surface area contributed by atoms with Gasteiger partial charge in [-0.1, -0.05) is 51.7 Å². The third-order valence-corrected chi connectivity index (χ3v) is 4.39. The third kappa shape index (κ3) is 2.91. The van der Waals surface area contributed by atoms with Crippen LogP contribution in [0.3, 0.4) is 0 Å². The molecule has 1 aromatic rings. The van der Waals surface area contributed by atoms with Crippen molar-refractivity contribution in [1.29, 1.82) is 0 Å². The second-order valence-corrected chi connectivity index (χ2v) is 6.14. The predicted molar refractivity (Wildman–Crippen MR) is 75.7 cm³/mol. The first-order valence-electron chi connectivity index (χ1n) is 7.18. The molecular formula is C17H26. The van der Waals surface area contributed by atoms with Crippen molar-refractivity contribution < 1.29 is 0 Å². The summed E-state index contributed by atoms with van der Waals surface area (Å²) in [5.41, 5.74) is 6.10. The molecule has 17 heavy (non-hydrogen) atoms. The van der Waals surface area contributed by atoms with Crippen LogP contribution in [0.2, 0.25) is 0 Å². The molecule has 0 N–H and O–H groups in total. The number of hydrogen-bond acceptors (Lipinski definition) is 0. The summed E-state index contributed by atoms with van der Waals surface area (Å²) in [5.74, 6) is 1.61. The summed E-state index contributed by atoms with van der Waals surface area (Å²) in [6, 6.07) is 4.88. The normalized spacial score (nSPS) is 17.0. The van der Waals surface area contributed by atoms with Gasteiger partial charge in [-0.05, 0) is 54.4 Å². The molecule has 0 heteroatoms. The van der Waals surface area contributed by atoms with Gasteiger partial charge in [0.2, 0.25) is 0 Å². The Kier molecular flexibility index (Phi) is 3.91. The van der Waals surface area contributed by atoms with Gasteiger partial charge >= 0.3 is 0 Å². The van der Waals surface area contributed by atoms with E-state index in [2.05, 4.69) is 39.8 Å². The third-order valence-electron chi connectivity index (χ3n) is 4.39. The lowest BCUT2D eigenvalue weighted by atomic mass is 9.89. The molecule has 0 nitrogen and oxygen atoms in total. The Labute approximate surface area is 106 Å². The first-order valence-corrected chi connectivity index (χ1v) is 7.18. The largest absolute Gasteiger partial charge is 0.0587 e. The Morgan fingerprint density at radius 1 is 1.12 bits per heavy atom. The van der Waals surface area contributed by atoms with Crippen LogP contribution in [0, 0.1) is 19.8 Å². The maximum absolute atomic E-state index is 2.46. The lowest BCUT2D eigenvalue weighted by Gasteiger charge is -2.17. The Bertz CT molecular complexity index is 381. The molecule has 0 radical (unpaired) electrons. The minimum absolute atomic E-state index is 0.650. The molecule has 0 heterocycles. The van der Waals surface area contributed by atoms with E-state index in [-0.39, 0.29) is 0 Å². The van der Waals surface area contributed by atoms with E-state index >= 15 is 0 Å². The zero-order chi connectivity index (χ0) is 12.4. The second-order valence-electron chi connectivity index (χ2n) is 6.14. The van der Waals surface area contributed by atoms with Crippen molar-refractivity contribution in [3.63, 3.8) is 0 Å². The molecule has 1 fully saturated rings. The van der Waals surface area contributed by atoms with Crippen molar-refractivity contribution in [1.82, 2.24) is 0 Å². The summed E-state index contributed by atoms with van der Waals surface area (Å²) < 4.78 is 0. The summed E-state index contributed by atoms with van der Waals surface area (Å²) in [4.78, 5) is 0. The van der Waals surface area contributed by atoms with E-state index in [0.717, 1.165) is 5.92 Å². The van der Waals surface area contributed by atoms with Crippen LogP contribution >= 0.6 is 0 Å². The molecule has 0 bridgehead atoms. The summed E-state index contributed by atoms with van der Waals surface area (Å²) in [6.45, 7) is 9.14. The van der Waals surface area contributed by atoms with Gasteiger partial charge in [-0.25, -0.2) is 0 Å². The van der Waals surface area contributed by atoms with Crippen LogP contribution in [0.25, 0.3) is 0 Å². The zero-order valence-electron chi connectivity index (χ0n) is 11.8. The average molecular weight is 230 g/mol. The highest BCUT2D eigenvalue weighted by Gasteiger charge is 2.16. The van der Waals surface area contributed by atoms with Crippen molar-refractivity contribution in [2.45, 2.75) is 65.7 Å². The lowest BCUT2D eigenvalue weighted by Crippen LogP contribution is -2.03. The first-order chi connectivity index (χ1) is 8.08. The maximum Gasteiger partial charge on any atom is -0.0216 e. The van der Waals surface area contributed by atoms with E-state index < -0.39 is 0 Å². The smallest absolute Gasteiger partial charge is 0.0216 e.